The number of hydrogen-bond acceptors (Lipinski definition) is 2. The summed E-state index contributed by atoms with van der Waals surface area (Å²) in [7, 11) is 0. The van der Waals surface area contributed by atoms with Crippen LogP contribution < -0.4 is 0 Å². The molecule has 2 aromatic rings. The average molecular weight is 225 g/mol. The molecule has 0 aliphatic carbocycles. The number of hydrogen-bond donors (Lipinski definition) is 2. The van der Waals surface area contributed by atoms with Crippen LogP contribution >= 0.6 is 11.6 Å². The van der Waals surface area contributed by atoms with Crippen molar-refractivity contribution in [1.82, 2.24) is 9.97 Å². The van der Waals surface area contributed by atoms with Gasteiger partial charge in [0.25, 0.3) is 0 Å². The zero-order chi connectivity index (χ0) is 11.2. The molecule has 5 heteroatoms. The summed E-state index contributed by atoms with van der Waals surface area (Å²) in [6.45, 7) is 3.73. The first kappa shape index (κ1) is 9.98. The molecule has 0 aromatic carbocycles. The summed E-state index contributed by atoms with van der Waals surface area (Å²) in [5.74, 6) is -0.994. The number of aromatic amines is 1. The molecule has 2 heterocycles. The topological polar surface area (TPSA) is 66.0 Å². The van der Waals surface area contributed by atoms with E-state index in [9.17, 15) is 4.79 Å². The third kappa shape index (κ3) is 1.37. The number of halogens is 1. The monoisotopic (exact) mass is 224 g/mol. The molecule has 0 amide bonds. The first-order chi connectivity index (χ1) is 7.02. The van der Waals surface area contributed by atoms with Gasteiger partial charge < -0.3 is 10.1 Å². The number of aromatic nitrogens is 2. The highest BCUT2D eigenvalue weighted by atomic mass is 35.5. The molecule has 2 aromatic heterocycles. The van der Waals surface area contributed by atoms with Gasteiger partial charge in [0, 0.05) is 17.3 Å². The Morgan fingerprint density at radius 1 is 1.53 bits per heavy atom. The lowest BCUT2D eigenvalue weighted by Crippen LogP contribution is -1.98. The molecule has 0 fully saturated rings. The summed E-state index contributed by atoms with van der Waals surface area (Å²) in [5, 5.41) is 9.95. The lowest BCUT2D eigenvalue weighted by atomic mass is 10.1. The summed E-state index contributed by atoms with van der Waals surface area (Å²) >= 11 is 5.88. The van der Waals surface area contributed by atoms with Gasteiger partial charge in [-0.3, -0.25) is 0 Å². The molecule has 0 unspecified atom stereocenters. The molecule has 0 radical (unpaired) electrons. The van der Waals surface area contributed by atoms with Gasteiger partial charge in [-0.1, -0.05) is 11.6 Å². The molecular weight excluding hydrogens is 216 g/mol. The van der Waals surface area contributed by atoms with E-state index >= 15 is 0 Å². The van der Waals surface area contributed by atoms with Crippen LogP contribution in [-0.4, -0.2) is 21.0 Å². The predicted molar refractivity (Wildman–Crippen MR) is 57.5 cm³/mol. The minimum Gasteiger partial charge on any atom is -0.478 e. The molecular formula is C10H9ClN2O2. The van der Waals surface area contributed by atoms with E-state index in [4.69, 9.17) is 16.7 Å². The standard InChI is InChI=1S/C10H9ClN2O2/c1-4-5(2)13-8-7(4)6(10(14)15)3-12-9(8)11/h3,13H,1-2H3,(H,14,15). The Hall–Kier alpha value is -1.55. The van der Waals surface area contributed by atoms with Crippen LogP contribution in [0.2, 0.25) is 5.15 Å². The molecule has 15 heavy (non-hydrogen) atoms. The predicted octanol–water partition coefficient (Wildman–Crippen LogP) is 2.53. The second kappa shape index (κ2) is 3.24. The van der Waals surface area contributed by atoms with Gasteiger partial charge in [0.1, 0.15) is 0 Å². The van der Waals surface area contributed by atoms with Gasteiger partial charge in [-0.05, 0) is 19.4 Å². The van der Waals surface area contributed by atoms with Crippen LogP contribution in [0.25, 0.3) is 10.9 Å². The molecule has 4 nitrogen and oxygen atoms in total. The molecule has 2 rings (SSSR count). The lowest BCUT2D eigenvalue weighted by molar-refractivity contribution is 0.0698. The van der Waals surface area contributed by atoms with Crippen molar-refractivity contribution in [2.24, 2.45) is 0 Å². The fraction of sp³-hybridized carbons (Fsp3) is 0.200. The first-order valence-corrected chi connectivity index (χ1v) is 4.77. The van der Waals surface area contributed by atoms with Crippen LogP contribution in [-0.2, 0) is 0 Å². The van der Waals surface area contributed by atoms with Gasteiger partial charge in [0.05, 0.1) is 11.1 Å². The number of carboxylic acids is 1. The maximum Gasteiger partial charge on any atom is 0.337 e. The molecule has 0 saturated heterocycles. The molecule has 0 bridgehead atoms. The number of pyridine rings is 1. The highest BCUT2D eigenvalue weighted by Crippen LogP contribution is 2.28. The van der Waals surface area contributed by atoms with E-state index in [0.29, 0.717) is 16.1 Å². The van der Waals surface area contributed by atoms with Gasteiger partial charge in [-0.15, -0.1) is 0 Å². The highest BCUT2D eigenvalue weighted by Gasteiger charge is 2.16. The quantitative estimate of drug-likeness (QED) is 0.732. The Kier molecular flexibility index (Phi) is 2.16. The van der Waals surface area contributed by atoms with Crippen LogP contribution in [0.1, 0.15) is 21.6 Å². The van der Waals surface area contributed by atoms with E-state index in [0.717, 1.165) is 11.3 Å². The zero-order valence-electron chi connectivity index (χ0n) is 8.26. The van der Waals surface area contributed by atoms with Crippen molar-refractivity contribution in [3.63, 3.8) is 0 Å². The van der Waals surface area contributed by atoms with E-state index < -0.39 is 5.97 Å². The van der Waals surface area contributed by atoms with Crippen molar-refractivity contribution in [3.05, 3.63) is 28.2 Å². The van der Waals surface area contributed by atoms with Crippen molar-refractivity contribution < 1.29 is 9.90 Å². The Morgan fingerprint density at radius 3 is 2.80 bits per heavy atom. The van der Waals surface area contributed by atoms with Gasteiger partial charge in [-0.25, -0.2) is 9.78 Å². The highest BCUT2D eigenvalue weighted by molar-refractivity contribution is 6.34. The van der Waals surface area contributed by atoms with Crippen molar-refractivity contribution in [3.8, 4) is 0 Å². The molecule has 0 atom stereocenters. The zero-order valence-corrected chi connectivity index (χ0v) is 9.01. The lowest BCUT2D eigenvalue weighted by Gasteiger charge is -1.99. The Bertz CT molecular complexity index is 560. The van der Waals surface area contributed by atoms with E-state index in [1.54, 1.807) is 0 Å². The Morgan fingerprint density at radius 2 is 2.20 bits per heavy atom. The van der Waals surface area contributed by atoms with Crippen LogP contribution in [0.3, 0.4) is 0 Å². The average Bonchev–Trinajstić information content (AvgIpc) is 2.46. The van der Waals surface area contributed by atoms with Crippen molar-refractivity contribution >= 4 is 28.5 Å². The fourth-order valence-corrected chi connectivity index (χ4v) is 1.81. The van der Waals surface area contributed by atoms with E-state index in [1.807, 2.05) is 13.8 Å². The number of fused-ring (bicyclic) bond motifs is 1. The number of nitrogens with zero attached hydrogens (tertiary/aromatic N) is 1. The van der Waals surface area contributed by atoms with Crippen molar-refractivity contribution in [2.75, 3.05) is 0 Å². The maximum atomic E-state index is 11.0. The minimum atomic E-state index is -0.994. The van der Waals surface area contributed by atoms with E-state index in [2.05, 4.69) is 9.97 Å². The Labute approximate surface area is 90.9 Å². The minimum absolute atomic E-state index is 0.177. The summed E-state index contributed by atoms with van der Waals surface area (Å²) in [4.78, 5) is 17.9. The van der Waals surface area contributed by atoms with Gasteiger partial charge in [-0.2, -0.15) is 0 Å². The molecule has 2 N–H and O–H groups in total. The van der Waals surface area contributed by atoms with Crippen LogP contribution in [0.5, 0.6) is 0 Å². The third-order valence-electron chi connectivity index (χ3n) is 2.51. The normalized spacial score (nSPS) is 10.9. The number of carbonyl (C=O) groups is 1. The second-order valence-corrected chi connectivity index (χ2v) is 3.75. The number of aryl methyl sites for hydroxylation is 2. The largest absolute Gasteiger partial charge is 0.478 e. The number of rotatable bonds is 1. The number of aromatic carboxylic acids is 1. The van der Waals surface area contributed by atoms with Gasteiger partial charge >= 0.3 is 5.97 Å². The smallest absolute Gasteiger partial charge is 0.337 e. The molecule has 0 aliphatic heterocycles. The van der Waals surface area contributed by atoms with Crippen molar-refractivity contribution in [1.29, 1.82) is 0 Å². The summed E-state index contributed by atoms with van der Waals surface area (Å²) < 4.78 is 0. The number of carboxylic acid groups (broad SMARTS) is 1. The van der Waals surface area contributed by atoms with Crippen molar-refractivity contribution in [2.45, 2.75) is 13.8 Å². The molecule has 0 spiro atoms. The third-order valence-corrected chi connectivity index (χ3v) is 2.80. The van der Waals surface area contributed by atoms with Crippen LogP contribution in [0.15, 0.2) is 6.20 Å². The Balaban J connectivity index is 2.96. The summed E-state index contributed by atoms with van der Waals surface area (Å²) in [6.07, 6.45) is 1.28. The molecule has 0 aliphatic rings. The van der Waals surface area contributed by atoms with Crippen LogP contribution in [0, 0.1) is 13.8 Å². The number of nitrogens with one attached hydrogen (secondary N) is 1. The van der Waals surface area contributed by atoms with Gasteiger partial charge in [0.15, 0.2) is 5.15 Å². The molecule has 0 saturated carbocycles. The summed E-state index contributed by atoms with van der Waals surface area (Å²) in [5.41, 5.74) is 2.57. The first-order valence-electron chi connectivity index (χ1n) is 4.39. The van der Waals surface area contributed by atoms with Gasteiger partial charge in [0.2, 0.25) is 0 Å². The fourth-order valence-electron chi connectivity index (χ4n) is 1.62. The summed E-state index contributed by atoms with van der Waals surface area (Å²) in [6, 6.07) is 0. The SMILES string of the molecule is Cc1[nH]c2c(Cl)ncc(C(=O)O)c2c1C. The molecule has 78 valence electrons. The second-order valence-electron chi connectivity index (χ2n) is 3.39. The maximum absolute atomic E-state index is 11.0. The van der Waals surface area contributed by atoms with Crippen LogP contribution in [0.4, 0.5) is 0 Å². The van der Waals surface area contributed by atoms with E-state index in [-0.39, 0.29) is 5.56 Å². The number of H-pyrrole nitrogens is 1. The van der Waals surface area contributed by atoms with E-state index in [1.165, 1.54) is 6.20 Å².